The van der Waals surface area contributed by atoms with Crippen molar-refractivity contribution in [2.45, 2.75) is 13.0 Å². The number of aromatic amines is 1. The van der Waals surface area contributed by atoms with Gasteiger partial charge in [-0.25, -0.2) is 9.97 Å². The van der Waals surface area contributed by atoms with E-state index in [0.717, 1.165) is 0 Å². The van der Waals surface area contributed by atoms with E-state index in [-0.39, 0.29) is 23.3 Å². The molecule has 0 radical (unpaired) electrons. The van der Waals surface area contributed by atoms with Gasteiger partial charge in [0.25, 0.3) is 11.8 Å². The minimum absolute atomic E-state index is 0.153. The van der Waals surface area contributed by atoms with Gasteiger partial charge in [-0.2, -0.15) is 5.26 Å². The van der Waals surface area contributed by atoms with Gasteiger partial charge in [-0.05, 0) is 19.1 Å². The summed E-state index contributed by atoms with van der Waals surface area (Å²) >= 11 is 0. The Labute approximate surface area is 182 Å². The molecule has 3 amide bonds. The van der Waals surface area contributed by atoms with Gasteiger partial charge < -0.3 is 20.5 Å². The van der Waals surface area contributed by atoms with Crippen molar-refractivity contribution in [3.05, 3.63) is 41.9 Å². The molecule has 0 aromatic carbocycles. The zero-order chi connectivity index (χ0) is 22.8. The largest absolute Gasteiger partial charge is 0.355 e. The van der Waals surface area contributed by atoms with Crippen LogP contribution in [0, 0.1) is 17.2 Å². The molecule has 11 heteroatoms. The van der Waals surface area contributed by atoms with Gasteiger partial charge in [0.2, 0.25) is 5.91 Å². The van der Waals surface area contributed by atoms with Crippen LogP contribution in [0.25, 0.3) is 22.6 Å². The molecule has 1 aliphatic rings. The molecule has 3 N–H and O–H groups in total. The third kappa shape index (κ3) is 3.85. The number of carbonyl (C=O) groups is 3. The minimum Gasteiger partial charge on any atom is -0.355 e. The molecule has 11 nitrogen and oxygen atoms in total. The van der Waals surface area contributed by atoms with Crippen LogP contribution in [0.2, 0.25) is 0 Å². The average molecular weight is 432 g/mol. The molecule has 0 spiro atoms. The number of rotatable bonds is 5. The second-order valence-corrected chi connectivity index (χ2v) is 7.43. The normalized spacial score (nSPS) is 14.3. The van der Waals surface area contributed by atoms with E-state index in [4.69, 9.17) is 5.26 Å². The molecule has 162 valence electrons. The molecule has 3 aromatic rings. The maximum absolute atomic E-state index is 12.8. The first kappa shape index (κ1) is 20.9. The van der Waals surface area contributed by atoms with E-state index in [1.54, 1.807) is 19.1 Å². The summed E-state index contributed by atoms with van der Waals surface area (Å²) < 4.78 is 0. The predicted octanol–water partition coefficient (Wildman–Crippen LogP) is 0.480. The highest BCUT2D eigenvalue weighted by atomic mass is 16.2. The second-order valence-electron chi connectivity index (χ2n) is 7.43. The molecule has 1 atom stereocenters. The SMILES string of the molecule is CNC(=O)c1ccnc(-c2cnc3[nH]cc(C(=O)N[C@H](C)C(=O)N4CC(C#N)C4)c3n2)c1. The summed E-state index contributed by atoms with van der Waals surface area (Å²) in [6.07, 6.45) is 4.47. The number of nitriles is 1. The molecule has 0 saturated carbocycles. The Kier molecular flexibility index (Phi) is 5.51. The molecular formula is C21H20N8O3. The van der Waals surface area contributed by atoms with Crippen molar-refractivity contribution in [2.24, 2.45) is 5.92 Å². The Morgan fingerprint density at radius 2 is 2.03 bits per heavy atom. The Bertz CT molecular complexity index is 1260. The van der Waals surface area contributed by atoms with Gasteiger partial charge in [0.1, 0.15) is 17.3 Å². The van der Waals surface area contributed by atoms with Crippen LogP contribution in [0.5, 0.6) is 0 Å². The van der Waals surface area contributed by atoms with E-state index in [0.29, 0.717) is 41.2 Å². The second kappa shape index (κ2) is 8.43. The van der Waals surface area contributed by atoms with Crippen LogP contribution in [0.15, 0.2) is 30.7 Å². The van der Waals surface area contributed by atoms with Crippen molar-refractivity contribution in [3.63, 3.8) is 0 Å². The highest BCUT2D eigenvalue weighted by Crippen LogP contribution is 2.21. The van der Waals surface area contributed by atoms with Crippen molar-refractivity contribution in [3.8, 4) is 17.5 Å². The average Bonchev–Trinajstić information content (AvgIpc) is 3.21. The Morgan fingerprint density at radius 3 is 2.75 bits per heavy atom. The fourth-order valence-corrected chi connectivity index (χ4v) is 3.39. The van der Waals surface area contributed by atoms with Gasteiger partial charge in [0.05, 0.1) is 29.4 Å². The van der Waals surface area contributed by atoms with E-state index in [1.165, 1.54) is 30.5 Å². The van der Waals surface area contributed by atoms with Crippen LogP contribution in [-0.4, -0.2) is 68.7 Å². The van der Waals surface area contributed by atoms with Gasteiger partial charge in [-0.15, -0.1) is 0 Å². The third-order valence-corrected chi connectivity index (χ3v) is 5.23. The van der Waals surface area contributed by atoms with E-state index in [1.807, 2.05) is 0 Å². The first-order chi connectivity index (χ1) is 15.4. The molecule has 1 fully saturated rings. The summed E-state index contributed by atoms with van der Waals surface area (Å²) in [5.41, 5.74) is 2.20. The van der Waals surface area contributed by atoms with Crippen molar-refractivity contribution in [1.82, 2.24) is 35.5 Å². The molecule has 4 rings (SSSR count). The van der Waals surface area contributed by atoms with E-state index < -0.39 is 11.9 Å². The number of aromatic nitrogens is 4. The lowest BCUT2D eigenvalue weighted by molar-refractivity contribution is -0.137. The summed E-state index contributed by atoms with van der Waals surface area (Å²) in [6, 6.07) is 4.53. The predicted molar refractivity (Wildman–Crippen MR) is 113 cm³/mol. The molecule has 3 aromatic heterocycles. The van der Waals surface area contributed by atoms with Gasteiger partial charge in [0, 0.05) is 38.1 Å². The number of H-pyrrole nitrogens is 1. The lowest BCUT2D eigenvalue weighted by Gasteiger charge is -2.37. The standard InChI is InChI=1S/C21H20N8O3/c1-11(21(32)29-9-12(6-22)10-29)27-20(31)14-7-25-18-17(14)28-16(8-26-18)15-5-13(3-4-24-15)19(30)23-2/h3-5,7-8,11-12H,9-10H2,1-2H3,(H,23,30)(H,25,26)(H,27,31)/t11-/m1/s1. The summed E-state index contributed by atoms with van der Waals surface area (Å²) in [5.74, 6) is -1.13. The van der Waals surface area contributed by atoms with Gasteiger partial charge >= 0.3 is 0 Å². The van der Waals surface area contributed by atoms with Crippen LogP contribution in [0.3, 0.4) is 0 Å². The summed E-state index contributed by atoms with van der Waals surface area (Å²) in [4.78, 5) is 54.6. The molecule has 32 heavy (non-hydrogen) atoms. The Hall–Kier alpha value is -4.33. The van der Waals surface area contributed by atoms with Gasteiger partial charge in [0.15, 0.2) is 5.65 Å². The molecule has 1 saturated heterocycles. The number of likely N-dealkylation sites (tertiary alicyclic amines) is 1. The first-order valence-corrected chi connectivity index (χ1v) is 9.93. The van der Waals surface area contributed by atoms with Gasteiger partial charge in [-0.1, -0.05) is 0 Å². The highest BCUT2D eigenvalue weighted by molar-refractivity contribution is 6.06. The molecule has 1 aliphatic heterocycles. The van der Waals surface area contributed by atoms with Crippen molar-refractivity contribution < 1.29 is 14.4 Å². The maximum atomic E-state index is 12.8. The van der Waals surface area contributed by atoms with E-state index in [9.17, 15) is 14.4 Å². The monoisotopic (exact) mass is 432 g/mol. The van der Waals surface area contributed by atoms with Gasteiger partial charge in [-0.3, -0.25) is 19.4 Å². The number of pyridine rings is 1. The number of hydrogen-bond donors (Lipinski definition) is 3. The lowest BCUT2D eigenvalue weighted by atomic mass is 10.0. The first-order valence-electron chi connectivity index (χ1n) is 9.93. The quantitative estimate of drug-likeness (QED) is 0.529. The van der Waals surface area contributed by atoms with E-state index >= 15 is 0 Å². The van der Waals surface area contributed by atoms with Crippen LogP contribution >= 0.6 is 0 Å². The van der Waals surface area contributed by atoms with Crippen LogP contribution in [0.4, 0.5) is 0 Å². The fourth-order valence-electron chi connectivity index (χ4n) is 3.39. The molecule has 0 unspecified atom stereocenters. The maximum Gasteiger partial charge on any atom is 0.255 e. The Balaban J connectivity index is 1.55. The highest BCUT2D eigenvalue weighted by Gasteiger charge is 2.33. The molecular weight excluding hydrogens is 412 g/mol. The number of nitrogens with zero attached hydrogens (tertiary/aromatic N) is 5. The zero-order valence-electron chi connectivity index (χ0n) is 17.4. The summed E-state index contributed by atoms with van der Waals surface area (Å²) in [5, 5.41) is 14.1. The van der Waals surface area contributed by atoms with Crippen LogP contribution in [0.1, 0.15) is 27.6 Å². The smallest absolute Gasteiger partial charge is 0.255 e. The topological polar surface area (TPSA) is 157 Å². The van der Waals surface area contributed by atoms with Crippen molar-refractivity contribution in [1.29, 1.82) is 5.26 Å². The molecule has 4 heterocycles. The number of carbonyl (C=O) groups excluding carboxylic acids is 3. The van der Waals surface area contributed by atoms with Crippen LogP contribution < -0.4 is 10.6 Å². The minimum atomic E-state index is -0.755. The Morgan fingerprint density at radius 1 is 1.25 bits per heavy atom. The van der Waals surface area contributed by atoms with Crippen LogP contribution in [-0.2, 0) is 4.79 Å². The lowest BCUT2D eigenvalue weighted by Crippen LogP contribution is -2.55. The number of fused-ring (bicyclic) bond motifs is 1. The fraction of sp³-hybridized carbons (Fsp3) is 0.286. The summed E-state index contributed by atoms with van der Waals surface area (Å²) in [7, 11) is 1.54. The molecule has 0 aliphatic carbocycles. The van der Waals surface area contributed by atoms with Crippen molar-refractivity contribution in [2.75, 3.05) is 20.1 Å². The number of amides is 3. The number of nitrogens with one attached hydrogen (secondary N) is 3. The molecule has 0 bridgehead atoms. The van der Waals surface area contributed by atoms with Crippen molar-refractivity contribution >= 4 is 28.9 Å². The third-order valence-electron chi connectivity index (χ3n) is 5.23. The summed E-state index contributed by atoms with van der Waals surface area (Å²) in [6.45, 7) is 2.35. The van der Waals surface area contributed by atoms with E-state index in [2.05, 4.69) is 36.6 Å². The zero-order valence-corrected chi connectivity index (χ0v) is 17.4. The number of hydrogen-bond acceptors (Lipinski definition) is 7.